The monoisotopic (exact) mass is 288 g/mol. The molecular weight excluding hydrogens is 268 g/mol. The van der Waals surface area contributed by atoms with Gasteiger partial charge in [0.2, 0.25) is 5.91 Å². The van der Waals surface area contributed by atoms with Gasteiger partial charge in [0.1, 0.15) is 0 Å². The molecule has 0 atom stereocenters. The highest BCUT2D eigenvalue weighted by molar-refractivity contribution is 5.92. The van der Waals surface area contributed by atoms with Crippen LogP contribution in [0.2, 0.25) is 0 Å². The first-order chi connectivity index (χ1) is 9.92. The van der Waals surface area contributed by atoms with Crippen molar-refractivity contribution in [3.8, 4) is 12.3 Å². The molecule has 0 unspecified atom stereocenters. The van der Waals surface area contributed by atoms with Crippen molar-refractivity contribution in [1.29, 1.82) is 0 Å². The number of carbonyl (C=O) groups excluding carboxylic acids is 1. The number of nitrogens with one attached hydrogen (secondary N) is 1. The predicted molar refractivity (Wildman–Crippen MR) is 82.1 cm³/mol. The predicted octanol–water partition coefficient (Wildman–Crippen LogP) is 1.77. The van der Waals surface area contributed by atoms with Crippen LogP contribution in [0.5, 0.6) is 0 Å². The van der Waals surface area contributed by atoms with Crippen LogP contribution in [0.3, 0.4) is 0 Å². The Balaban J connectivity index is 2.65. The summed E-state index contributed by atoms with van der Waals surface area (Å²) in [5, 5.41) is 11.5. The Bertz CT molecular complexity index is 547. The van der Waals surface area contributed by atoms with E-state index in [9.17, 15) is 9.59 Å². The molecule has 0 saturated heterocycles. The number of carbonyl (C=O) groups is 2. The Kier molecular flexibility index (Phi) is 6.44. The van der Waals surface area contributed by atoms with Crippen LogP contribution in [0.4, 0.5) is 5.69 Å². The van der Waals surface area contributed by atoms with Gasteiger partial charge in [-0.25, -0.2) is 0 Å². The average molecular weight is 288 g/mol. The van der Waals surface area contributed by atoms with Gasteiger partial charge in [-0.2, -0.15) is 0 Å². The molecular formula is C16H20N2O3. The molecule has 0 fully saturated rings. The van der Waals surface area contributed by atoms with E-state index in [1.54, 1.807) is 6.07 Å². The number of carboxylic acids is 1. The van der Waals surface area contributed by atoms with Gasteiger partial charge in [-0.15, -0.1) is 6.42 Å². The van der Waals surface area contributed by atoms with E-state index >= 15 is 0 Å². The number of hydrogen-bond donors (Lipinski definition) is 2. The second-order valence-electron chi connectivity index (χ2n) is 5.07. The third kappa shape index (κ3) is 6.11. The number of aliphatic carboxylic acids is 1. The highest BCUT2D eigenvalue weighted by Gasteiger charge is 2.13. The maximum Gasteiger partial charge on any atom is 0.317 e. The van der Waals surface area contributed by atoms with Crippen molar-refractivity contribution in [1.82, 2.24) is 4.90 Å². The zero-order chi connectivity index (χ0) is 15.8. The van der Waals surface area contributed by atoms with Crippen molar-refractivity contribution in [2.45, 2.75) is 19.8 Å². The van der Waals surface area contributed by atoms with Crippen molar-refractivity contribution >= 4 is 17.6 Å². The minimum absolute atomic E-state index is 0.0532. The van der Waals surface area contributed by atoms with Crippen molar-refractivity contribution < 1.29 is 14.7 Å². The maximum absolute atomic E-state index is 11.9. The van der Waals surface area contributed by atoms with E-state index in [1.165, 1.54) is 4.90 Å². The van der Waals surface area contributed by atoms with Gasteiger partial charge < -0.3 is 10.4 Å². The first-order valence-corrected chi connectivity index (χ1v) is 6.69. The van der Waals surface area contributed by atoms with Crippen LogP contribution in [0.15, 0.2) is 24.3 Å². The molecule has 21 heavy (non-hydrogen) atoms. The van der Waals surface area contributed by atoms with Crippen molar-refractivity contribution in [3.05, 3.63) is 29.8 Å². The Labute approximate surface area is 125 Å². The fraction of sp³-hybridized carbons (Fsp3) is 0.375. The van der Waals surface area contributed by atoms with Gasteiger partial charge in [-0.05, 0) is 23.6 Å². The first-order valence-electron chi connectivity index (χ1n) is 6.69. The lowest BCUT2D eigenvalue weighted by atomic mass is 10.0. The fourth-order valence-electron chi connectivity index (χ4n) is 1.87. The third-order valence-electron chi connectivity index (χ3n) is 2.88. The smallest absolute Gasteiger partial charge is 0.317 e. The summed E-state index contributed by atoms with van der Waals surface area (Å²) in [6, 6.07) is 7.58. The van der Waals surface area contributed by atoms with Crippen molar-refractivity contribution in [2.24, 2.45) is 0 Å². The van der Waals surface area contributed by atoms with Crippen LogP contribution >= 0.6 is 0 Å². The molecule has 0 bridgehead atoms. The lowest BCUT2D eigenvalue weighted by Gasteiger charge is -2.17. The van der Waals surface area contributed by atoms with E-state index in [2.05, 4.69) is 25.1 Å². The van der Waals surface area contributed by atoms with Crippen LogP contribution in [0, 0.1) is 12.3 Å². The summed E-state index contributed by atoms with van der Waals surface area (Å²) in [4.78, 5) is 24.0. The minimum atomic E-state index is -1.01. The Morgan fingerprint density at radius 3 is 2.67 bits per heavy atom. The molecule has 1 aromatic rings. The quantitative estimate of drug-likeness (QED) is 0.750. The SMILES string of the molecule is C#CCN(CC(=O)O)CC(=O)Nc1cccc(C(C)C)c1. The molecule has 2 N–H and O–H groups in total. The summed E-state index contributed by atoms with van der Waals surface area (Å²) in [5.41, 5.74) is 1.82. The standard InChI is InChI=1S/C16H20N2O3/c1-4-8-18(11-16(20)21)10-15(19)17-14-7-5-6-13(9-14)12(2)3/h1,5-7,9,12H,8,10-11H2,2-3H3,(H,17,19)(H,20,21). The third-order valence-corrected chi connectivity index (χ3v) is 2.88. The molecule has 5 heteroatoms. The van der Waals surface area contributed by atoms with Gasteiger partial charge in [0.15, 0.2) is 0 Å². The van der Waals surface area contributed by atoms with Gasteiger partial charge in [-0.3, -0.25) is 14.5 Å². The van der Waals surface area contributed by atoms with E-state index in [0.29, 0.717) is 11.6 Å². The summed E-state index contributed by atoms with van der Waals surface area (Å²) < 4.78 is 0. The van der Waals surface area contributed by atoms with Gasteiger partial charge >= 0.3 is 5.97 Å². The maximum atomic E-state index is 11.9. The number of amides is 1. The van der Waals surface area contributed by atoms with Crippen LogP contribution < -0.4 is 5.32 Å². The number of hydrogen-bond acceptors (Lipinski definition) is 3. The molecule has 0 radical (unpaired) electrons. The topological polar surface area (TPSA) is 69.6 Å². The van der Waals surface area contributed by atoms with E-state index in [4.69, 9.17) is 11.5 Å². The van der Waals surface area contributed by atoms with Gasteiger partial charge in [0.25, 0.3) is 0 Å². The van der Waals surface area contributed by atoms with Crippen LogP contribution in [-0.2, 0) is 9.59 Å². The summed E-state index contributed by atoms with van der Waals surface area (Å²) in [7, 11) is 0. The number of carboxylic acid groups (broad SMARTS) is 1. The second kappa shape index (κ2) is 8.08. The van der Waals surface area contributed by atoms with Gasteiger partial charge in [-0.1, -0.05) is 31.9 Å². The number of terminal acetylenes is 1. The molecule has 0 aliphatic rings. The van der Waals surface area contributed by atoms with Crippen molar-refractivity contribution in [3.63, 3.8) is 0 Å². The van der Waals surface area contributed by atoms with Gasteiger partial charge in [0.05, 0.1) is 19.6 Å². The number of rotatable bonds is 7. The van der Waals surface area contributed by atoms with E-state index < -0.39 is 5.97 Å². The molecule has 1 rings (SSSR count). The number of anilines is 1. The largest absolute Gasteiger partial charge is 0.480 e. The molecule has 0 heterocycles. The Morgan fingerprint density at radius 2 is 2.10 bits per heavy atom. The van der Waals surface area contributed by atoms with Crippen LogP contribution in [0.25, 0.3) is 0 Å². The normalized spacial score (nSPS) is 10.4. The fourth-order valence-corrected chi connectivity index (χ4v) is 1.87. The second-order valence-corrected chi connectivity index (χ2v) is 5.07. The summed E-state index contributed by atoms with van der Waals surface area (Å²) >= 11 is 0. The van der Waals surface area contributed by atoms with E-state index in [1.807, 2.05) is 18.2 Å². The average Bonchev–Trinajstić information content (AvgIpc) is 2.38. The Hall–Kier alpha value is -2.32. The van der Waals surface area contributed by atoms with Crippen LogP contribution in [0.1, 0.15) is 25.3 Å². The molecule has 0 saturated carbocycles. The molecule has 0 aliphatic heterocycles. The molecule has 0 aliphatic carbocycles. The lowest BCUT2D eigenvalue weighted by molar-refractivity contribution is -0.138. The zero-order valence-electron chi connectivity index (χ0n) is 12.3. The highest BCUT2D eigenvalue weighted by atomic mass is 16.4. The molecule has 1 aromatic carbocycles. The summed E-state index contributed by atoms with van der Waals surface area (Å²) in [6.07, 6.45) is 5.17. The molecule has 5 nitrogen and oxygen atoms in total. The van der Waals surface area contributed by atoms with E-state index in [0.717, 1.165) is 5.56 Å². The molecule has 0 aromatic heterocycles. The molecule has 0 spiro atoms. The lowest BCUT2D eigenvalue weighted by Crippen LogP contribution is -2.37. The van der Waals surface area contributed by atoms with Gasteiger partial charge in [0, 0.05) is 5.69 Å². The van der Waals surface area contributed by atoms with Crippen molar-refractivity contribution in [2.75, 3.05) is 25.0 Å². The molecule has 112 valence electrons. The first kappa shape index (κ1) is 16.7. The van der Waals surface area contributed by atoms with Crippen LogP contribution in [-0.4, -0.2) is 41.5 Å². The summed E-state index contributed by atoms with van der Waals surface area (Å²) in [6.45, 7) is 3.95. The highest BCUT2D eigenvalue weighted by Crippen LogP contribution is 2.18. The minimum Gasteiger partial charge on any atom is -0.480 e. The Morgan fingerprint density at radius 1 is 1.38 bits per heavy atom. The zero-order valence-corrected chi connectivity index (χ0v) is 12.3. The number of benzene rings is 1. The number of nitrogens with zero attached hydrogens (tertiary/aromatic N) is 1. The van der Waals surface area contributed by atoms with E-state index in [-0.39, 0.29) is 25.5 Å². The summed E-state index contributed by atoms with van der Waals surface area (Å²) in [5.74, 6) is 1.42. The molecule has 1 amide bonds.